The number of methoxy groups -OCH3 is 1. The third-order valence-electron chi connectivity index (χ3n) is 4.77. The van der Waals surface area contributed by atoms with Gasteiger partial charge in [0, 0.05) is 31.9 Å². The summed E-state index contributed by atoms with van der Waals surface area (Å²) in [5.74, 6) is 1.25. The Morgan fingerprint density at radius 2 is 1.62 bits per heavy atom. The molecule has 0 aromatic heterocycles. The van der Waals surface area contributed by atoms with Gasteiger partial charge in [0.25, 0.3) is 5.91 Å². The second-order valence-corrected chi connectivity index (χ2v) is 6.29. The highest BCUT2D eigenvalue weighted by Gasteiger charge is 2.22. The zero-order chi connectivity index (χ0) is 18.4. The zero-order valence-electron chi connectivity index (χ0n) is 15.5. The maximum atomic E-state index is 12.5. The molecule has 0 radical (unpaired) electrons. The lowest BCUT2D eigenvalue weighted by Gasteiger charge is -2.37. The number of amides is 1. The molecule has 0 atom stereocenters. The van der Waals surface area contributed by atoms with Gasteiger partial charge in [-0.05, 0) is 30.2 Å². The van der Waals surface area contributed by atoms with Gasteiger partial charge < -0.3 is 19.3 Å². The zero-order valence-corrected chi connectivity index (χ0v) is 15.5. The standard InChI is InChI=1S/C21H26N2O3/c1-3-17-8-4-5-9-18(17)22-12-14-23(15-13-22)21(24)16-26-20-11-7-6-10-19(20)25-2/h4-11H,3,12-16H2,1-2H3. The van der Waals surface area contributed by atoms with Crippen LogP contribution in [0.3, 0.4) is 0 Å². The summed E-state index contributed by atoms with van der Waals surface area (Å²) in [6.45, 7) is 5.33. The molecule has 1 heterocycles. The molecule has 0 saturated carbocycles. The topological polar surface area (TPSA) is 42.0 Å². The fraction of sp³-hybridized carbons (Fsp3) is 0.381. The third kappa shape index (κ3) is 4.10. The molecule has 2 aromatic carbocycles. The van der Waals surface area contributed by atoms with Crippen LogP contribution in [0.4, 0.5) is 5.69 Å². The molecule has 0 spiro atoms. The highest BCUT2D eigenvalue weighted by atomic mass is 16.5. The molecule has 1 aliphatic heterocycles. The molecule has 2 aromatic rings. The van der Waals surface area contributed by atoms with E-state index in [0.29, 0.717) is 24.6 Å². The van der Waals surface area contributed by atoms with Crippen molar-refractivity contribution >= 4 is 11.6 Å². The molecule has 3 rings (SSSR count). The first-order valence-corrected chi connectivity index (χ1v) is 9.09. The van der Waals surface area contributed by atoms with Crippen LogP contribution in [0.5, 0.6) is 11.5 Å². The van der Waals surface area contributed by atoms with Crippen LogP contribution in [0, 0.1) is 0 Å². The van der Waals surface area contributed by atoms with E-state index < -0.39 is 0 Å². The Morgan fingerprint density at radius 1 is 0.962 bits per heavy atom. The minimum Gasteiger partial charge on any atom is -0.493 e. The molecule has 1 saturated heterocycles. The Bertz CT molecular complexity index is 740. The summed E-state index contributed by atoms with van der Waals surface area (Å²) >= 11 is 0. The predicted octanol–water partition coefficient (Wildman–Crippen LogP) is 2.99. The Morgan fingerprint density at radius 3 is 2.31 bits per heavy atom. The van der Waals surface area contributed by atoms with E-state index in [1.165, 1.54) is 11.3 Å². The first-order chi connectivity index (χ1) is 12.7. The van der Waals surface area contributed by atoms with Gasteiger partial charge in [-0.25, -0.2) is 0 Å². The van der Waals surface area contributed by atoms with Crippen molar-refractivity contribution in [3.05, 3.63) is 54.1 Å². The van der Waals surface area contributed by atoms with E-state index in [-0.39, 0.29) is 12.5 Å². The van der Waals surface area contributed by atoms with Gasteiger partial charge in [0.15, 0.2) is 18.1 Å². The number of hydrogen-bond donors (Lipinski definition) is 0. The fourth-order valence-corrected chi connectivity index (χ4v) is 3.28. The van der Waals surface area contributed by atoms with Crippen molar-refractivity contribution in [1.82, 2.24) is 4.90 Å². The third-order valence-corrected chi connectivity index (χ3v) is 4.77. The number of para-hydroxylation sites is 3. The number of nitrogens with zero attached hydrogens (tertiary/aromatic N) is 2. The molecule has 0 aliphatic carbocycles. The molecule has 5 nitrogen and oxygen atoms in total. The summed E-state index contributed by atoms with van der Waals surface area (Å²) in [7, 11) is 1.59. The highest BCUT2D eigenvalue weighted by Crippen LogP contribution is 2.26. The lowest BCUT2D eigenvalue weighted by atomic mass is 10.1. The van der Waals surface area contributed by atoms with Crippen LogP contribution in [0.2, 0.25) is 0 Å². The van der Waals surface area contributed by atoms with Gasteiger partial charge in [-0.3, -0.25) is 4.79 Å². The largest absolute Gasteiger partial charge is 0.493 e. The summed E-state index contributed by atoms with van der Waals surface area (Å²) in [6, 6.07) is 15.9. The molecule has 1 amide bonds. The average molecular weight is 354 g/mol. The van der Waals surface area contributed by atoms with Crippen molar-refractivity contribution in [3.8, 4) is 11.5 Å². The van der Waals surface area contributed by atoms with Crippen molar-refractivity contribution in [2.75, 3.05) is 44.8 Å². The quantitative estimate of drug-likeness (QED) is 0.800. The average Bonchev–Trinajstić information content (AvgIpc) is 2.72. The summed E-state index contributed by atoms with van der Waals surface area (Å²) in [5.41, 5.74) is 2.64. The molecule has 0 N–H and O–H groups in total. The van der Waals surface area contributed by atoms with E-state index in [1.54, 1.807) is 7.11 Å². The van der Waals surface area contributed by atoms with Crippen LogP contribution >= 0.6 is 0 Å². The van der Waals surface area contributed by atoms with Gasteiger partial charge in [0.05, 0.1) is 7.11 Å². The van der Waals surface area contributed by atoms with Crippen LogP contribution in [0.15, 0.2) is 48.5 Å². The van der Waals surface area contributed by atoms with Gasteiger partial charge in [0.1, 0.15) is 0 Å². The lowest BCUT2D eigenvalue weighted by Crippen LogP contribution is -2.50. The SMILES string of the molecule is CCc1ccccc1N1CCN(C(=O)COc2ccccc2OC)CC1. The van der Waals surface area contributed by atoms with Gasteiger partial charge in [-0.1, -0.05) is 37.3 Å². The van der Waals surface area contributed by atoms with Crippen molar-refractivity contribution in [2.45, 2.75) is 13.3 Å². The van der Waals surface area contributed by atoms with Gasteiger partial charge in [0.2, 0.25) is 0 Å². The molecule has 1 aliphatic rings. The van der Waals surface area contributed by atoms with Crippen LogP contribution in [0.1, 0.15) is 12.5 Å². The van der Waals surface area contributed by atoms with Crippen molar-refractivity contribution in [3.63, 3.8) is 0 Å². The molecule has 0 bridgehead atoms. The number of aryl methyl sites for hydroxylation is 1. The minimum atomic E-state index is 0.0133. The van der Waals surface area contributed by atoms with E-state index in [2.05, 4.69) is 36.1 Å². The smallest absolute Gasteiger partial charge is 0.260 e. The Hall–Kier alpha value is -2.69. The Labute approximate surface area is 155 Å². The monoisotopic (exact) mass is 354 g/mol. The number of hydrogen-bond acceptors (Lipinski definition) is 4. The lowest BCUT2D eigenvalue weighted by molar-refractivity contribution is -0.133. The number of benzene rings is 2. The second kappa shape index (κ2) is 8.61. The molecule has 5 heteroatoms. The summed E-state index contributed by atoms with van der Waals surface area (Å²) < 4.78 is 10.9. The number of rotatable bonds is 6. The fourth-order valence-electron chi connectivity index (χ4n) is 3.28. The van der Waals surface area contributed by atoms with E-state index in [9.17, 15) is 4.79 Å². The number of anilines is 1. The van der Waals surface area contributed by atoms with E-state index >= 15 is 0 Å². The normalized spacial score (nSPS) is 14.2. The van der Waals surface area contributed by atoms with Crippen molar-refractivity contribution in [1.29, 1.82) is 0 Å². The number of carbonyl (C=O) groups excluding carboxylic acids is 1. The molecule has 26 heavy (non-hydrogen) atoms. The summed E-state index contributed by atoms with van der Waals surface area (Å²) in [5, 5.41) is 0. The minimum absolute atomic E-state index is 0.0133. The van der Waals surface area contributed by atoms with Crippen LogP contribution in [0.25, 0.3) is 0 Å². The molecule has 0 unspecified atom stereocenters. The molecular weight excluding hydrogens is 328 g/mol. The van der Waals surface area contributed by atoms with Crippen LogP contribution < -0.4 is 14.4 Å². The summed E-state index contributed by atoms with van der Waals surface area (Å²) in [6.07, 6.45) is 1.02. The van der Waals surface area contributed by atoms with Gasteiger partial charge in [-0.2, -0.15) is 0 Å². The second-order valence-electron chi connectivity index (χ2n) is 6.29. The van der Waals surface area contributed by atoms with E-state index in [0.717, 1.165) is 19.5 Å². The Balaban J connectivity index is 1.54. The van der Waals surface area contributed by atoms with E-state index in [4.69, 9.17) is 9.47 Å². The van der Waals surface area contributed by atoms with Crippen molar-refractivity contribution in [2.24, 2.45) is 0 Å². The van der Waals surface area contributed by atoms with Crippen LogP contribution in [-0.4, -0.2) is 50.7 Å². The van der Waals surface area contributed by atoms with Gasteiger partial charge in [-0.15, -0.1) is 0 Å². The number of carbonyl (C=O) groups is 1. The Kier molecular flexibility index (Phi) is 6.00. The molecular formula is C21H26N2O3. The molecule has 1 fully saturated rings. The number of ether oxygens (including phenoxy) is 2. The molecule has 138 valence electrons. The maximum Gasteiger partial charge on any atom is 0.260 e. The van der Waals surface area contributed by atoms with Gasteiger partial charge >= 0.3 is 0 Å². The highest BCUT2D eigenvalue weighted by molar-refractivity contribution is 5.78. The van der Waals surface area contributed by atoms with Crippen molar-refractivity contribution < 1.29 is 14.3 Å². The van der Waals surface area contributed by atoms with E-state index in [1.807, 2.05) is 29.2 Å². The summed E-state index contributed by atoms with van der Waals surface area (Å²) in [4.78, 5) is 16.7. The predicted molar refractivity (Wildman–Crippen MR) is 103 cm³/mol. The van der Waals surface area contributed by atoms with Crippen LogP contribution in [-0.2, 0) is 11.2 Å². The first kappa shape index (κ1) is 18.1. The maximum absolute atomic E-state index is 12.5. The number of piperazine rings is 1. The first-order valence-electron chi connectivity index (χ1n) is 9.09.